The second-order valence-corrected chi connectivity index (χ2v) is 4.87. The van der Waals surface area contributed by atoms with Crippen LogP contribution in [0.4, 0.5) is 4.39 Å². The number of rotatable bonds is 2. The van der Waals surface area contributed by atoms with E-state index in [0.717, 1.165) is 19.0 Å². The summed E-state index contributed by atoms with van der Waals surface area (Å²) in [5.41, 5.74) is 0.499. The number of carboxylic acids is 1. The van der Waals surface area contributed by atoms with Gasteiger partial charge in [0.15, 0.2) is 0 Å². The van der Waals surface area contributed by atoms with Crippen molar-refractivity contribution in [3.8, 4) is 0 Å². The van der Waals surface area contributed by atoms with Crippen LogP contribution in [0.5, 0.6) is 0 Å². The van der Waals surface area contributed by atoms with Crippen molar-refractivity contribution in [2.45, 2.75) is 32.1 Å². The summed E-state index contributed by atoms with van der Waals surface area (Å²) >= 11 is 0. The maximum atomic E-state index is 13.7. The predicted molar refractivity (Wildman–Crippen MR) is 61.1 cm³/mol. The van der Waals surface area contributed by atoms with Crippen LogP contribution in [-0.4, -0.2) is 16.1 Å². The number of aromatic nitrogens is 1. The minimum atomic E-state index is -0.821. The molecular formula is C13H16FNO2. The van der Waals surface area contributed by atoms with Crippen molar-refractivity contribution in [3.05, 3.63) is 29.8 Å². The third-order valence-corrected chi connectivity index (χ3v) is 3.63. The molecule has 3 unspecified atom stereocenters. The monoisotopic (exact) mass is 237 g/mol. The first kappa shape index (κ1) is 12.0. The SMILES string of the molecule is CC1CCC(C(=O)O)C(c2ccncc2F)C1. The van der Waals surface area contributed by atoms with Gasteiger partial charge in [-0.15, -0.1) is 0 Å². The van der Waals surface area contributed by atoms with Crippen LogP contribution >= 0.6 is 0 Å². The molecule has 1 fully saturated rings. The van der Waals surface area contributed by atoms with Gasteiger partial charge in [-0.3, -0.25) is 9.78 Å². The molecule has 1 aromatic rings. The molecule has 0 aromatic carbocycles. The fraction of sp³-hybridized carbons (Fsp3) is 0.538. The van der Waals surface area contributed by atoms with E-state index in [2.05, 4.69) is 11.9 Å². The van der Waals surface area contributed by atoms with Crippen LogP contribution in [-0.2, 0) is 4.79 Å². The molecule has 0 bridgehead atoms. The molecule has 3 atom stereocenters. The van der Waals surface area contributed by atoms with Crippen LogP contribution in [0.25, 0.3) is 0 Å². The average Bonchev–Trinajstić information content (AvgIpc) is 2.29. The molecule has 4 heteroatoms. The number of hydrogen-bond donors (Lipinski definition) is 1. The maximum absolute atomic E-state index is 13.7. The first-order chi connectivity index (χ1) is 8.09. The van der Waals surface area contributed by atoms with Gasteiger partial charge in [0.05, 0.1) is 12.1 Å². The second kappa shape index (κ2) is 4.82. The predicted octanol–water partition coefficient (Wildman–Crippen LogP) is 2.83. The van der Waals surface area contributed by atoms with Crippen LogP contribution < -0.4 is 0 Å². The number of carbonyl (C=O) groups is 1. The Hall–Kier alpha value is -1.45. The van der Waals surface area contributed by atoms with E-state index in [1.807, 2.05) is 0 Å². The van der Waals surface area contributed by atoms with Gasteiger partial charge in [0.25, 0.3) is 0 Å². The summed E-state index contributed by atoms with van der Waals surface area (Å²) in [5, 5.41) is 9.21. The molecular weight excluding hydrogens is 221 g/mol. The summed E-state index contributed by atoms with van der Waals surface area (Å²) in [4.78, 5) is 14.9. The zero-order chi connectivity index (χ0) is 12.4. The van der Waals surface area contributed by atoms with Crippen LogP contribution in [0.3, 0.4) is 0 Å². The molecule has 1 saturated carbocycles. The van der Waals surface area contributed by atoms with Gasteiger partial charge < -0.3 is 5.11 Å². The smallest absolute Gasteiger partial charge is 0.307 e. The standard InChI is InChI=1S/C13H16FNO2/c1-8-2-3-10(13(16)17)11(6-8)9-4-5-15-7-12(9)14/h4-5,7-8,10-11H,2-3,6H2,1H3,(H,16,17). The molecule has 3 nitrogen and oxygen atoms in total. The van der Waals surface area contributed by atoms with E-state index < -0.39 is 17.7 Å². The Bertz CT molecular complexity index is 422. The molecule has 0 radical (unpaired) electrons. The van der Waals surface area contributed by atoms with Crippen molar-refractivity contribution in [2.75, 3.05) is 0 Å². The zero-order valence-electron chi connectivity index (χ0n) is 9.77. The van der Waals surface area contributed by atoms with Gasteiger partial charge in [-0.2, -0.15) is 0 Å². The van der Waals surface area contributed by atoms with Crippen molar-refractivity contribution < 1.29 is 14.3 Å². The molecule has 1 aromatic heterocycles. The van der Waals surface area contributed by atoms with E-state index in [-0.39, 0.29) is 5.92 Å². The molecule has 1 aliphatic rings. The Labute approximate surface area is 99.7 Å². The molecule has 2 rings (SSSR count). The van der Waals surface area contributed by atoms with Crippen molar-refractivity contribution in [1.29, 1.82) is 0 Å². The van der Waals surface area contributed by atoms with Gasteiger partial charge in [-0.05, 0) is 36.8 Å². The lowest BCUT2D eigenvalue weighted by atomic mass is 9.71. The highest BCUT2D eigenvalue weighted by Crippen LogP contribution is 2.41. The molecule has 1 aliphatic carbocycles. The van der Waals surface area contributed by atoms with Crippen LogP contribution in [0.1, 0.15) is 37.7 Å². The summed E-state index contributed by atoms with van der Waals surface area (Å²) < 4.78 is 13.7. The van der Waals surface area contributed by atoms with Gasteiger partial charge in [0, 0.05) is 12.1 Å². The number of pyridine rings is 1. The van der Waals surface area contributed by atoms with Gasteiger partial charge in [0.1, 0.15) is 5.82 Å². The summed E-state index contributed by atoms with van der Waals surface area (Å²) in [6.07, 6.45) is 4.95. The fourth-order valence-corrected chi connectivity index (χ4v) is 2.71. The zero-order valence-corrected chi connectivity index (χ0v) is 9.77. The lowest BCUT2D eigenvalue weighted by Gasteiger charge is -2.32. The molecule has 0 saturated heterocycles. The summed E-state index contributed by atoms with van der Waals surface area (Å²) in [6, 6.07) is 1.61. The highest BCUT2D eigenvalue weighted by molar-refractivity contribution is 5.71. The van der Waals surface area contributed by atoms with Crippen molar-refractivity contribution in [2.24, 2.45) is 11.8 Å². The van der Waals surface area contributed by atoms with Gasteiger partial charge in [-0.1, -0.05) is 6.92 Å². The quantitative estimate of drug-likeness (QED) is 0.860. The maximum Gasteiger partial charge on any atom is 0.307 e. The number of hydrogen-bond acceptors (Lipinski definition) is 2. The summed E-state index contributed by atoms with van der Waals surface area (Å²) in [7, 11) is 0. The van der Waals surface area contributed by atoms with Gasteiger partial charge in [-0.25, -0.2) is 4.39 Å². The summed E-state index contributed by atoms with van der Waals surface area (Å²) in [6.45, 7) is 2.09. The Morgan fingerprint density at radius 1 is 1.53 bits per heavy atom. The highest BCUT2D eigenvalue weighted by atomic mass is 19.1. The van der Waals surface area contributed by atoms with Crippen molar-refractivity contribution in [1.82, 2.24) is 4.98 Å². The average molecular weight is 237 g/mol. The Balaban J connectivity index is 2.32. The lowest BCUT2D eigenvalue weighted by molar-refractivity contribution is -0.143. The van der Waals surface area contributed by atoms with E-state index >= 15 is 0 Å². The Kier molecular flexibility index (Phi) is 3.41. The minimum absolute atomic E-state index is 0.223. The molecule has 1 N–H and O–H groups in total. The fourth-order valence-electron chi connectivity index (χ4n) is 2.71. The van der Waals surface area contributed by atoms with E-state index in [1.165, 1.54) is 6.20 Å². The molecule has 92 valence electrons. The Morgan fingerprint density at radius 2 is 2.29 bits per heavy atom. The normalized spacial score (nSPS) is 28.9. The molecule has 17 heavy (non-hydrogen) atoms. The number of nitrogens with zero attached hydrogens (tertiary/aromatic N) is 1. The number of carboxylic acid groups (broad SMARTS) is 1. The highest BCUT2D eigenvalue weighted by Gasteiger charge is 2.35. The van der Waals surface area contributed by atoms with Crippen LogP contribution in [0.15, 0.2) is 18.5 Å². The van der Waals surface area contributed by atoms with Crippen LogP contribution in [0, 0.1) is 17.7 Å². The molecule has 0 aliphatic heterocycles. The molecule has 1 heterocycles. The van der Waals surface area contributed by atoms with E-state index in [4.69, 9.17) is 0 Å². The first-order valence-corrected chi connectivity index (χ1v) is 5.91. The number of halogens is 1. The van der Waals surface area contributed by atoms with Gasteiger partial charge in [0.2, 0.25) is 0 Å². The van der Waals surface area contributed by atoms with E-state index in [0.29, 0.717) is 17.9 Å². The van der Waals surface area contributed by atoms with Gasteiger partial charge >= 0.3 is 5.97 Å². The number of aliphatic carboxylic acids is 1. The van der Waals surface area contributed by atoms with E-state index in [1.54, 1.807) is 6.07 Å². The van der Waals surface area contributed by atoms with Crippen LogP contribution in [0.2, 0.25) is 0 Å². The largest absolute Gasteiger partial charge is 0.481 e. The lowest BCUT2D eigenvalue weighted by Crippen LogP contribution is -2.29. The second-order valence-electron chi connectivity index (χ2n) is 4.87. The van der Waals surface area contributed by atoms with E-state index in [9.17, 15) is 14.3 Å². The Morgan fingerprint density at radius 3 is 2.94 bits per heavy atom. The third-order valence-electron chi connectivity index (χ3n) is 3.63. The third kappa shape index (κ3) is 2.46. The van der Waals surface area contributed by atoms with Crippen molar-refractivity contribution in [3.63, 3.8) is 0 Å². The topological polar surface area (TPSA) is 50.2 Å². The minimum Gasteiger partial charge on any atom is -0.481 e. The summed E-state index contributed by atoms with van der Waals surface area (Å²) in [5.74, 6) is -1.46. The van der Waals surface area contributed by atoms with Crippen molar-refractivity contribution >= 4 is 5.97 Å². The molecule has 0 amide bonds. The molecule has 0 spiro atoms. The first-order valence-electron chi connectivity index (χ1n) is 5.91.